The number of hydrogen-bond donors (Lipinski definition) is 1. The maximum absolute atomic E-state index is 15.6. The highest BCUT2D eigenvalue weighted by Crippen LogP contribution is 2.39. The fraction of sp³-hybridized carbons (Fsp3) is 0.429. The Kier molecular flexibility index (Phi) is 4.46. The number of hydrogen-bond acceptors (Lipinski definition) is 5. The molecule has 8 rings (SSSR count). The van der Waals surface area contributed by atoms with Crippen molar-refractivity contribution in [1.82, 2.24) is 33.6 Å². The third-order valence-corrected chi connectivity index (χ3v) is 9.06. The van der Waals surface area contributed by atoms with Crippen LogP contribution >= 0.6 is 0 Å². The van der Waals surface area contributed by atoms with E-state index in [-0.39, 0.29) is 18.0 Å². The highest BCUT2D eigenvalue weighted by atomic mass is 19.1. The number of fused-ring (bicyclic) bond motifs is 6. The summed E-state index contributed by atoms with van der Waals surface area (Å²) in [6.07, 6.45) is 6.35. The SMILES string of the molecule is Cc1nnc2c3c(ccn12)cc(-c1nc2cc(C(=O)N4C[C@H]5CC[C@@H]4[C@@H]5N)cc(F)c2n1C)n3CC1CC1. The average molecular weight is 513 g/mol. The number of benzene rings is 1. The summed E-state index contributed by atoms with van der Waals surface area (Å²) in [6.45, 7) is 3.43. The van der Waals surface area contributed by atoms with Crippen molar-refractivity contribution < 1.29 is 9.18 Å². The van der Waals surface area contributed by atoms with Crippen LogP contribution in [0.4, 0.5) is 4.39 Å². The summed E-state index contributed by atoms with van der Waals surface area (Å²) in [4.78, 5) is 20.2. The van der Waals surface area contributed by atoms with Crippen LogP contribution in [0, 0.1) is 24.6 Å². The lowest BCUT2D eigenvalue weighted by atomic mass is 10.1. The Bertz CT molecular complexity index is 1790. The van der Waals surface area contributed by atoms with Crippen molar-refractivity contribution in [1.29, 1.82) is 0 Å². The lowest BCUT2D eigenvalue weighted by Crippen LogP contribution is -2.41. The summed E-state index contributed by atoms with van der Waals surface area (Å²) in [5, 5.41) is 9.80. The number of imidazole rings is 1. The highest BCUT2D eigenvalue weighted by molar-refractivity contribution is 5.99. The molecular weight excluding hydrogens is 483 g/mol. The third kappa shape index (κ3) is 3.00. The lowest BCUT2D eigenvalue weighted by Gasteiger charge is -2.27. The van der Waals surface area contributed by atoms with Crippen LogP contribution in [0.25, 0.3) is 39.1 Å². The van der Waals surface area contributed by atoms with E-state index in [9.17, 15) is 4.79 Å². The number of nitrogens with zero attached hydrogens (tertiary/aromatic N) is 7. The molecule has 2 saturated carbocycles. The van der Waals surface area contributed by atoms with Gasteiger partial charge in [0.25, 0.3) is 5.91 Å². The predicted octanol–water partition coefficient (Wildman–Crippen LogP) is 3.66. The number of halogens is 1. The van der Waals surface area contributed by atoms with Gasteiger partial charge in [-0.15, -0.1) is 10.2 Å². The van der Waals surface area contributed by atoms with Gasteiger partial charge in [0.05, 0.1) is 16.7 Å². The summed E-state index contributed by atoms with van der Waals surface area (Å²) in [7, 11) is 1.84. The number of amides is 1. The molecule has 0 radical (unpaired) electrons. The molecule has 3 aliphatic rings. The van der Waals surface area contributed by atoms with Crippen molar-refractivity contribution in [2.75, 3.05) is 6.54 Å². The van der Waals surface area contributed by atoms with Gasteiger partial charge in [-0.1, -0.05) is 0 Å². The number of piperidine rings is 1. The Balaban J connectivity index is 1.28. The molecule has 38 heavy (non-hydrogen) atoms. The second-order valence-corrected chi connectivity index (χ2v) is 11.4. The molecule has 3 atom stereocenters. The van der Waals surface area contributed by atoms with E-state index < -0.39 is 5.82 Å². The standard InChI is InChI=1S/C28H29FN8O/c1-14-32-33-27-24-16(7-8-35(14)27)11-22(36(24)12-15-3-4-15)26-31-20-10-18(9-19(29)25(20)34(26)2)28(38)37-13-17-5-6-21(37)23(17)30/h7-11,15,17,21,23H,3-6,12-13,30H2,1-2H3/t17-,21-,23-/m1/s1. The van der Waals surface area contributed by atoms with E-state index in [2.05, 4.69) is 26.9 Å². The second kappa shape index (κ2) is 7.63. The van der Waals surface area contributed by atoms with Gasteiger partial charge in [0.1, 0.15) is 17.2 Å². The number of likely N-dealkylation sites (tertiary alicyclic amines) is 1. The molecule has 9 nitrogen and oxygen atoms in total. The first-order chi connectivity index (χ1) is 18.4. The van der Waals surface area contributed by atoms with Gasteiger partial charge in [-0.05, 0) is 68.7 Å². The van der Waals surface area contributed by atoms with Crippen LogP contribution in [-0.2, 0) is 13.6 Å². The van der Waals surface area contributed by atoms with Crippen LogP contribution in [0.2, 0.25) is 0 Å². The first-order valence-electron chi connectivity index (χ1n) is 13.5. The van der Waals surface area contributed by atoms with Crippen LogP contribution in [-0.4, -0.2) is 58.2 Å². The minimum absolute atomic E-state index is 0.0166. The van der Waals surface area contributed by atoms with Crippen molar-refractivity contribution in [3.05, 3.63) is 47.7 Å². The molecule has 2 N–H and O–H groups in total. The van der Waals surface area contributed by atoms with E-state index in [1.807, 2.05) is 29.5 Å². The molecule has 5 heterocycles. The molecule has 1 amide bonds. The fourth-order valence-electron chi connectivity index (χ4n) is 6.84. The molecule has 4 aromatic heterocycles. The Morgan fingerprint density at radius 2 is 1.97 bits per heavy atom. The Hall–Kier alpha value is -3.79. The zero-order valence-electron chi connectivity index (χ0n) is 21.4. The highest BCUT2D eigenvalue weighted by Gasteiger charge is 2.47. The van der Waals surface area contributed by atoms with Gasteiger partial charge >= 0.3 is 0 Å². The maximum atomic E-state index is 15.6. The van der Waals surface area contributed by atoms with Crippen LogP contribution < -0.4 is 5.73 Å². The number of rotatable bonds is 4. The summed E-state index contributed by atoms with van der Waals surface area (Å²) in [5.74, 6) is 1.84. The average Bonchev–Trinajstić information content (AvgIpc) is 3.14. The molecule has 0 spiro atoms. The van der Waals surface area contributed by atoms with E-state index in [1.54, 1.807) is 10.6 Å². The van der Waals surface area contributed by atoms with Crippen molar-refractivity contribution in [2.45, 2.75) is 51.2 Å². The molecule has 1 saturated heterocycles. The lowest BCUT2D eigenvalue weighted by molar-refractivity contribution is 0.0700. The number of nitrogens with two attached hydrogens (primary N) is 1. The van der Waals surface area contributed by atoms with E-state index in [0.29, 0.717) is 40.8 Å². The van der Waals surface area contributed by atoms with Gasteiger partial charge in [-0.25, -0.2) is 9.37 Å². The number of pyridine rings is 1. The van der Waals surface area contributed by atoms with Crippen molar-refractivity contribution in [3.8, 4) is 11.5 Å². The number of aryl methyl sites for hydroxylation is 2. The fourth-order valence-corrected chi connectivity index (χ4v) is 6.84. The molecule has 0 unspecified atom stereocenters. The van der Waals surface area contributed by atoms with Gasteiger partial charge in [-0.2, -0.15) is 0 Å². The monoisotopic (exact) mass is 512 g/mol. The van der Waals surface area contributed by atoms with Gasteiger partial charge in [0.15, 0.2) is 11.5 Å². The zero-order chi connectivity index (χ0) is 25.9. The predicted molar refractivity (Wildman–Crippen MR) is 141 cm³/mol. The van der Waals surface area contributed by atoms with Crippen molar-refractivity contribution >= 4 is 33.5 Å². The minimum atomic E-state index is -0.443. The normalized spacial score (nSPS) is 23.1. The Labute approximate surface area is 218 Å². The van der Waals surface area contributed by atoms with Gasteiger partial charge in [0.2, 0.25) is 0 Å². The first-order valence-corrected chi connectivity index (χ1v) is 13.5. The van der Waals surface area contributed by atoms with Gasteiger partial charge in [-0.3, -0.25) is 9.20 Å². The van der Waals surface area contributed by atoms with E-state index in [1.165, 1.54) is 18.9 Å². The van der Waals surface area contributed by atoms with Crippen LogP contribution in [0.3, 0.4) is 0 Å². The van der Waals surface area contributed by atoms with E-state index in [4.69, 9.17) is 10.7 Å². The topological polar surface area (TPSA) is 99.3 Å². The Morgan fingerprint density at radius 1 is 1.13 bits per heavy atom. The quantitative estimate of drug-likeness (QED) is 0.396. The molecular formula is C28H29FN8O. The van der Waals surface area contributed by atoms with Crippen LogP contribution in [0.1, 0.15) is 41.9 Å². The van der Waals surface area contributed by atoms with E-state index in [0.717, 1.165) is 47.5 Å². The molecule has 2 bridgehead atoms. The minimum Gasteiger partial charge on any atom is -0.335 e. The smallest absolute Gasteiger partial charge is 0.254 e. The molecule has 2 aliphatic carbocycles. The van der Waals surface area contributed by atoms with Gasteiger partial charge in [0, 0.05) is 49.4 Å². The molecule has 10 heteroatoms. The largest absolute Gasteiger partial charge is 0.335 e. The Morgan fingerprint density at radius 3 is 2.71 bits per heavy atom. The van der Waals surface area contributed by atoms with Crippen LogP contribution in [0.5, 0.6) is 0 Å². The molecule has 3 fully saturated rings. The van der Waals surface area contributed by atoms with Crippen molar-refractivity contribution in [2.24, 2.45) is 24.6 Å². The zero-order valence-corrected chi connectivity index (χ0v) is 21.4. The molecule has 194 valence electrons. The van der Waals surface area contributed by atoms with Gasteiger partial charge < -0.3 is 19.8 Å². The molecule has 5 aromatic rings. The van der Waals surface area contributed by atoms with Crippen molar-refractivity contribution in [3.63, 3.8) is 0 Å². The summed E-state index contributed by atoms with van der Waals surface area (Å²) >= 11 is 0. The first kappa shape index (κ1) is 22.2. The summed E-state index contributed by atoms with van der Waals surface area (Å²) in [5.41, 5.74) is 10.3. The summed E-state index contributed by atoms with van der Waals surface area (Å²) < 4.78 is 21.7. The summed E-state index contributed by atoms with van der Waals surface area (Å²) in [6, 6.07) is 7.32. The number of carbonyl (C=O) groups excluding carboxylic acids is 1. The molecule has 1 aliphatic heterocycles. The second-order valence-electron chi connectivity index (χ2n) is 11.4. The maximum Gasteiger partial charge on any atom is 0.254 e. The third-order valence-electron chi connectivity index (χ3n) is 9.06. The van der Waals surface area contributed by atoms with Crippen LogP contribution in [0.15, 0.2) is 30.5 Å². The van der Waals surface area contributed by atoms with E-state index >= 15 is 4.39 Å². The number of aromatic nitrogens is 6. The number of carbonyl (C=O) groups is 1. The molecule has 1 aromatic carbocycles.